The molecule has 2 saturated heterocycles. The quantitative estimate of drug-likeness (QED) is 0.841. The van der Waals surface area contributed by atoms with Crippen LogP contribution in [0.15, 0.2) is 24.5 Å². The van der Waals surface area contributed by atoms with Gasteiger partial charge in [-0.05, 0) is 32.0 Å². The molecular formula is C18H20ClN3O3. The number of aromatic nitrogens is 2. The lowest BCUT2D eigenvalue weighted by molar-refractivity contribution is 0.158. The van der Waals surface area contributed by atoms with Crippen LogP contribution in [-0.2, 0) is 4.74 Å². The number of hydrogen-bond donors (Lipinski definition) is 0. The van der Waals surface area contributed by atoms with E-state index in [0.29, 0.717) is 29.2 Å². The third-order valence-electron chi connectivity index (χ3n) is 5.36. The minimum Gasteiger partial charge on any atom is -0.454 e. The van der Waals surface area contributed by atoms with Gasteiger partial charge in [-0.1, -0.05) is 11.6 Å². The molecule has 3 aliphatic heterocycles. The normalized spacial score (nSPS) is 25.8. The second-order valence-corrected chi connectivity index (χ2v) is 7.17. The van der Waals surface area contributed by atoms with Crippen LogP contribution in [0.25, 0.3) is 11.4 Å². The fraction of sp³-hybridized carbons (Fsp3) is 0.500. The van der Waals surface area contributed by atoms with Crippen LogP contribution in [0, 0.1) is 0 Å². The highest BCUT2D eigenvalue weighted by atomic mass is 35.5. The Bertz CT molecular complexity index is 788. The third-order valence-corrected chi connectivity index (χ3v) is 5.67. The molecule has 2 fully saturated rings. The molecule has 0 aliphatic carbocycles. The number of hydrogen-bond acceptors (Lipinski definition) is 5. The van der Waals surface area contributed by atoms with Crippen LogP contribution in [0.4, 0.5) is 0 Å². The second kappa shape index (κ2) is 6.20. The first-order valence-electron chi connectivity index (χ1n) is 8.75. The summed E-state index contributed by atoms with van der Waals surface area (Å²) < 4.78 is 19.0. The number of fused-ring (bicyclic) bond motifs is 1. The van der Waals surface area contributed by atoms with E-state index in [4.69, 9.17) is 25.8 Å². The summed E-state index contributed by atoms with van der Waals surface area (Å²) in [5.41, 5.74) is 0.864. The minimum atomic E-state index is 0.233. The Morgan fingerprint density at radius 1 is 1.04 bits per heavy atom. The molecule has 1 aromatic carbocycles. The zero-order valence-electron chi connectivity index (χ0n) is 13.9. The van der Waals surface area contributed by atoms with Gasteiger partial charge >= 0.3 is 0 Å². The highest BCUT2D eigenvalue weighted by molar-refractivity contribution is 6.33. The van der Waals surface area contributed by atoms with E-state index in [2.05, 4.69) is 14.5 Å². The topological polar surface area (TPSA) is 48.8 Å². The lowest BCUT2D eigenvalue weighted by Crippen LogP contribution is -2.39. The number of benzene rings is 1. The summed E-state index contributed by atoms with van der Waals surface area (Å²) in [5, 5.41) is 0.619. The molecule has 0 N–H and O–H groups in total. The summed E-state index contributed by atoms with van der Waals surface area (Å²) in [6, 6.07) is 4.37. The maximum Gasteiger partial charge on any atom is 0.231 e. The van der Waals surface area contributed by atoms with Gasteiger partial charge < -0.3 is 18.8 Å². The molecule has 0 spiro atoms. The molecule has 0 saturated carbocycles. The van der Waals surface area contributed by atoms with E-state index in [1.807, 2.05) is 18.5 Å². The highest BCUT2D eigenvalue weighted by Crippen LogP contribution is 2.41. The summed E-state index contributed by atoms with van der Waals surface area (Å²) in [5.74, 6) is 2.25. The van der Waals surface area contributed by atoms with Gasteiger partial charge in [0.1, 0.15) is 5.82 Å². The Hall–Kier alpha value is -1.76. The van der Waals surface area contributed by atoms with E-state index in [0.717, 1.165) is 31.1 Å². The first-order chi connectivity index (χ1) is 12.3. The number of halogens is 1. The molecule has 132 valence electrons. The maximum absolute atomic E-state index is 6.51. The van der Waals surface area contributed by atoms with Crippen molar-refractivity contribution in [2.24, 2.45) is 0 Å². The van der Waals surface area contributed by atoms with Crippen LogP contribution in [0.5, 0.6) is 11.5 Å². The summed E-state index contributed by atoms with van der Waals surface area (Å²) in [7, 11) is 0. The van der Waals surface area contributed by atoms with E-state index < -0.39 is 0 Å². The molecule has 0 bridgehead atoms. The fourth-order valence-electron chi connectivity index (χ4n) is 4.10. The molecule has 0 radical (unpaired) electrons. The van der Waals surface area contributed by atoms with Gasteiger partial charge in [-0.25, -0.2) is 4.98 Å². The largest absolute Gasteiger partial charge is 0.454 e. The number of imidazole rings is 1. The summed E-state index contributed by atoms with van der Waals surface area (Å²) in [6.07, 6.45) is 6.40. The van der Waals surface area contributed by atoms with E-state index in [-0.39, 0.29) is 12.8 Å². The van der Waals surface area contributed by atoms with Crippen molar-refractivity contribution in [2.75, 3.05) is 33.1 Å². The van der Waals surface area contributed by atoms with Gasteiger partial charge in [0.25, 0.3) is 0 Å². The summed E-state index contributed by atoms with van der Waals surface area (Å²) in [4.78, 5) is 7.13. The zero-order chi connectivity index (χ0) is 16.8. The van der Waals surface area contributed by atoms with Crippen LogP contribution in [0.2, 0.25) is 5.02 Å². The maximum atomic E-state index is 6.51. The molecule has 1 aromatic heterocycles. The second-order valence-electron chi connectivity index (χ2n) is 6.76. The smallest absolute Gasteiger partial charge is 0.231 e. The molecule has 25 heavy (non-hydrogen) atoms. The lowest BCUT2D eigenvalue weighted by atomic mass is 10.1. The molecule has 5 rings (SSSR count). The van der Waals surface area contributed by atoms with Crippen LogP contribution in [0.1, 0.15) is 18.9 Å². The zero-order valence-corrected chi connectivity index (χ0v) is 14.6. The van der Waals surface area contributed by atoms with Gasteiger partial charge in [0.05, 0.1) is 30.3 Å². The van der Waals surface area contributed by atoms with Crippen molar-refractivity contribution in [3.8, 4) is 22.9 Å². The van der Waals surface area contributed by atoms with Gasteiger partial charge in [0.2, 0.25) is 6.79 Å². The van der Waals surface area contributed by atoms with E-state index in [1.54, 1.807) is 6.07 Å². The Labute approximate surface area is 151 Å². The molecule has 6 nitrogen and oxygen atoms in total. The number of rotatable bonds is 3. The van der Waals surface area contributed by atoms with Gasteiger partial charge in [-0.3, -0.25) is 4.90 Å². The van der Waals surface area contributed by atoms with Crippen molar-refractivity contribution in [2.45, 2.75) is 24.9 Å². The average molecular weight is 362 g/mol. The Morgan fingerprint density at radius 3 is 2.64 bits per heavy atom. The lowest BCUT2D eigenvalue weighted by Gasteiger charge is -2.29. The molecule has 4 heterocycles. The third kappa shape index (κ3) is 2.60. The van der Waals surface area contributed by atoms with Crippen molar-refractivity contribution in [3.63, 3.8) is 0 Å². The minimum absolute atomic E-state index is 0.233. The number of ether oxygens (including phenoxy) is 3. The molecule has 2 aromatic rings. The predicted molar refractivity (Wildman–Crippen MR) is 93.2 cm³/mol. The van der Waals surface area contributed by atoms with Crippen LogP contribution in [0.3, 0.4) is 0 Å². The number of likely N-dealkylation sites (tertiary alicyclic amines) is 1. The van der Waals surface area contributed by atoms with E-state index >= 15 is 0 Å². The van der Waals surface area contributed by atoms with Crippen LogP contribution in [-0.4, -0.2) is 53.6 Å². The Kier molecular flexibility index (Phi) is 3.84. The summed E-state index contributed by atoms with van der Waals surface area (Å²) in [6.45, 7) is 4.01. The monoisotopic (exact) mass is 361 g/mol. The highest BCUT2D eigenvalue weighted by Gasteiger charge is 2.36. The first-order valence-corrected chi connectivity index (χ1v) is 9.13. The average Bonchev–Trinajstić information content (AvgIpc) is 3.37. The summed E-state index contributed by atoms with van der Waals surface area (Å²) >= 11 is 6.51. The molecule has 3 aliphatic rings. The first kappa shape index (κ1) is 15.5. The van der Waals surface area contributed by atoms with Crippen molar-refractivity contribution in [1.29, 1.82) is 0 Å². The molecule has 0 unspecified atom stereocenters. The fourth-order valence-corrected chi connectivity index (χ4v) is 4.34. The molecule has 0 amide bonds. The van der Waals surface area contributed by atoms with Gasteiger partial charge in [0.15, 0.2) is 11.5 Å². The predicted octanol–water partition coefficient (Wildman–Crippen LogP) is 2.97. The van der Waals surface area contributed by atoms with E-state index in [1.165, 1.54) is 12.8 Å². The van der Waals surface area contributed by atoms with Crippen LogP contribution < -0.4 is 9.47 Å². The van der Waals surface area contributed by atoms with Gasteiger partial charge in [0, 0.05) is 24.0 Å². The SMILES string of the molecule is Clc1cc2c(cc1-c1nccn1[C@H]1COC[C@@H]1N1CCCC1)OCO2. The van der Waals surface area contributed by atoms with Gasteiger partial charge in [-0.2, -0.15) is 0 Å². The molecule has 7 heteroatoms. The van der Waals surface area contributed by atoms with Gasteiger partial charge in [-0.15, -0.1) is 0 Å². The van der Waals surface area contributed by atoms with Crippen LogP contribution >= 0.6 is 11.6 Å². The van der Waals surface area contributed by atoms with Crippen molar-refractivity contribution in [3.05, 3.63) is 29.5 Å². The Morgan fingerprint density at radius 2 is 1.80 bits per heavy atom. The van der Waals surface area contributed by atoms with Crippen molar-refractivity contribution < 1.29 is 14.2 Å². The van der Waals surface area contributed by atoms with E-state index in [9.17, 15) is 0 Å². The standard InChI is InChI=1S/C18H20ClN3O3/c19-13-8-17-16(24-11-25-17)7-12(13)18-20-3-6-22(18)15-10-23-9-14(15)21-4-1-2-5-21/h3,6-8,14-15H,1-2,4-5,9-11H2/t14-,15-/m0/s1. The molecular weight excluding hydrogens is 342 g/mol. The molecule has 2 atom stereocenters. The van der Waals surface area contributed by atoms with Crippen molar-refractivity contribution >= 4 is 11.6 Å². The van der Waals surface area contributed by atoms with Crippen molar-refractivity contribution in [1.82, 2.24) is 14.5 Å². The Balaban J connectivity index is 1.52. The number of nitrogens with zero attached hydrogens (tertiary/aromatic N) is 3.